The van der Waals surface area contributed by atoms with Gasteiger partial charge in [-0.25, -0.2) is 12.7 Å². The minimum absolute atomic E-state index is 0.109. The molecule has 0 heterocycles. The van der Waals surface area contributed by atoms with E-state index < -0.39 is 10.0 Å². The van der Waals surface area contributed by atoms with E-state index in [-0.39, 0.29) is 12.5 Å². The highest BCUT2D eigenvalue weighted by atomic mass is 32.2. The summed E-state index contributed by atoms with van der Waals surface area (Å²) in [5.74, 6) is -0.109. The highest BCUT2D eigenvalue weighted by Gasteiger charge is 2.16. The van der Waals surface area contributed by atoms with Crippen LogP contribution in [-0.2, 0) is 27.7 Å². The van der Waals surface area contributed by atoms with Gasteiger partial charge in [0, 0.05) is 19.6 Å². The van der Waals surface area contributed by atoms with Gasteiger partial charge in [0.15, 0.2) is 0 Å². The fraction of sp³-hybridized carbons (Fsp3) is 0.316. The van der Waals surface area contributed by atoms with E-state index in [9.17, 15) is 13.2 Å². The molecule has 0 aliphatic heterocycles. The first kappa shape index (κ1) is 19.1. The molecule has 5 nitrogen and oxygen atoms in total. The van der Waals surface area contributed by atoms with Crippen LogP contribution >= 0.6 is 0 Å². The predicted octanol–water partition coefficient (Wildman–Crippen LogP) is 1.85. The second-order valence-electron chi connectivity index (χ2n) is 5.91. The highest BCUT2D eigenvalue weighted by molar-refractivity contribution is 7.88. The molecule has 6 heteroatoms. The fourth-order valence-electron chi connectivity index (χ4n) is 2.51. The lowest BCUT2D eigenvalue weighted by atomic mass is 10.1. The molecule has 0 aliphatic carbocycles. The molecule has 0 saturated carbocycles. The average Bonchev–Trinajstić information content (AvgIpc) is 2.58. The summed E-state index contributed by atoms with van der Waals surface area (Å²) in [6, 6.07) is 19.2. The molecular weight excluding hydrogens is 336 g/mol. The molecule has 0 unspecified atom stereocenters. The van der Waals surface area contributed by atoms with Crippen molar-refractivity contribution in [1.29, 1.82) is 0 Å². The molecule has 0 fully saturated rings. The number of nitrogens with zero attached hydrogens (tertiary/aromatic N) is 1. The first-order chi connectivity index (χ1) is 11.9. The zero-order valence-electron chi connectivity index (χ0n) is 14.4. The molecule has 0 saturated heterocycles. The van der Waals surface area contributed by atoms with E-state index in [0.717, 1.165) is 11.1 Å². The summed E-state index contributed by atoms with van der Waals surface area (Å²) in [5.41, 5.74) is 2.02. The number of sulfonamides is 1. The van der Waals surface area contributed by atoms with Crippen molar-refractivity contribution in [1.82, 2.24) is 9.62 Å². The van der Waals surface area contributed by atoms with Crippen molar-refractivity contribution >= 4 is 15.9 Å². The quantitative estimate of drug-likeness (QED) is 0.742. The van der Waals surface area contributed by atoms with Crippen LogP contribution in [0.15, 0.2) is 60.7 Å². The molecule has 0 spiro atoms. The number of hydrogen-bond donors (Lipinski definition) is 1. The molecular formula is C19H24N2O3S. The highest BCUT2D eigenvalue weighted by Crippen LogP contribution is 2.04. The molecule has 0 radical (unpaired) electrons. The minimum atomic E-state index is -3.31. The van der Waals surface area contributed by atoms with Crippen LogP contribution in [-0.4, -0.2) is 44.5 Å². The molecule has 2 rings (SSSR count). The van der Waals surface area contributed by atoms with Crippen LogP contribution in [0.5, 0.6) is 0 Å². The number of nitrogens with one attached hydrogen (secondary N) is 1. The summed E-state index contributed by atoms with van der Waals surface area (Å²) >= 11 is 0. The summed E-state index contributed by atoms with van der Waals surface area (Å²) in [5, 5.41) is 2.79. The topological polar surface area (TPSA) is 66.5 Å². The standard InChI is InChI=1S/C19H24N2O3S/c1-25(23,24)21(14-12-17-8-4-2-5-9-17)15-13-20-19(22)16-18-10-6-3-7-11-18/h2-11H,12-16H2,1H3,(H,20,22). The van der Waals surface area contributed by atoms with Gasteiger partial charge >= 0.3 is 0 Å². The van der Waals surface area contributed by atoms with Gasteiger partial charge in [0.05, 0.1) is 12.7 Å². The van der Waals surface area contributed by atoms with Gasteiger partial charge in [0.25, 0.3) is 0 Å². The number of hydrogen-bond acceptors (Lipinski definition) is 3. The van der Waals surface area contributed by atoms with Crippen LogP contribution in [0.4, 0.5) is 0 Å². The predicted molar refractivity (Wildman–Crippen MR) is 99.7 cm³/mol. The monoisotopic (exact) mass is 360 g/mol. The first-order valence-corrected chi connectivity index (χ1v) is 10.1. The van der Waals surface area contributed by atoms with Gasteiger partial charge in [0.1, 0.15) is 0 Å². The number of rotatable bonds is 9. The van der Waals surface area contributed by atoms with Crippen molar-refractivity contribution in [3.8, 4) is 0 Å². The zero-order valence-corrected chi connectivity index (χ0v) is 15.2. The maximum absolute atomic E-state index is 11.9. The number of carbonyl (C=O) groups is 1. The molecule has 2 aromatic carbocycles. The van der Waals surface area contributed by atoms with E-state index in [0.29, 0.717) is 25.9 Å². The van der Waals surface area contributed by atoms with Gasteiger partial charge in [-0.05, 0) is 17.5 Å². The van der Waals surface area contributed by atoms with Gasteiger partial charge in [-0.3, -0.25) is 4.79 Å². The van der Waals surface area contributed by atoms with Crippen molar-refractivity contribution in [3.05, 3.63) is 71.8 Å². The number of benzene rings is 2. The number of amides is 1. The van der Waals surface area contributed by atoms with E-state index in [1.54, 1.807) is 0 Å². The molecule has 1 amide bonds. The van der Waals surface area contributed by atoms with Crippen LogP contribution in [0.25, 0.3) is 0 Å². The molecule has 0 aromatic heterocycles. The molecule has 1 N–H and O–H groups in total. The van der Waals surface area contributed by atoms with Crippen LogP contribution in [0.3, 0.4) is 0 Å². The van der Waals surface area contributed by atoms with Gasteiger partial charge in [-0.2, -0.15) is 0 Å². The van der Waals surface area contributed by atoms with Crippen LogP contribution in [0, 0.1) is 0 Å². The Labute approximate surface area is 149 Å². The average molecular weight is 360 g/mol. The Kier molecular flexibility index (Phi) is 7.16. The summed E-state index contributed by atoms with van der Waals surface area (Å²) in [6.07, 6.45) is 2.14. The molecule has 2 aromatic rings. The summed E-state index contributed by atoms with van der Waals surface area (Å²) < 4.78 is 25.3. The second-order valence-corrected chi connectivity index (χ2v) is 7.89. The Balaban J connectivity index is 1.80. The third-order valence-corrected chi connectivity index (χ3v) is 5.16. The van der Waals surface area contributed by atoms with E-state index in [1.165, 1.54) is 10.6 Å². The Hall–Kier alpha value is -2.18. The van der Waals surface area contributed by atoms with Crippen LogP contribution < -0.4 is 5.32 Å². The first-order valence-electron chi connectivity index (χ1n) is 8.25. The Morgan fingerprint density at radius 2 is 1.48 bits per heavy atom. The molecule has 0 bridgehead atoms. The largest absolute Gasteiger partial charge is 0.354 e. The molecule has 134 valence electrons. The van der Waals surface area contributed by atoms with Gasteiger partial charge < -0.3 is 5.32 Å². The number of carbonyl (C=O) groups excluding carboxylic acids is 1. The van der Waals surface area contributed by atoms with Crippen molar-refractivity contribution in [3.63, 3.8) is 0 Å². The lowest BCUT2D eigenvalue weighted by Crippen LogP contribution is -2.39. The van der Waals surface area contributed by atoms with Crippen LogP contribution in [0.1, 0.15) is 11.1 Å². The van der Waals surface area contributed by atoms with Crippen LogP contribution in [0.2, 0.25) is 0 Å². The minimum Gasteiger partial charge on any atom is -0.354 e. The van der Waals surface area contributed by atoms with Crippen molar-refractivity contribution in [2.24, 2.45) is 0 Å². The third-order valence-electron chi connectivity index (χ3n) is 3.85. The van der Waals surface area contributed by atoms with Gasteiger partial charge in [0.2, 0.25) is 15.9 Å². The maximum atomic E-state index is 11.9. The molecule has 0 aliphatic rings. The van der Waals surface area contributed by atoms with Crippen molar-refractivity contribution in [2.45, 2.75) is 12.8 Å². The van der Waals surface area contributed by atoms with Crippen molar-refractivity contribution in [2.75, 3.05) is 25.9 Å². The van der Waals surface area contributed by atoms with E-state index in [1.807, 2.05) is 60.7 Å². The van der Waals surface area contributed by atoms with Gasteiger partial charge in [-0.1, -0.05) is 60.7 Å². The SMILES string of the molecule is CS(=O)(=O)N(CCNC(=O)Cc1ccccc1)CCc1ccccc1. The Morgan fingerprint density at radius 1 is 0.920 bits per heavy atom. The summed E-state index contributed by atoms with van der Waals surface area (Å²) in [7, 11) is -3.31. The molecule has 0 atom stereocenters. The third kappa shape index (κ3) is 7.07. The Morgan fingerprint density at radius 3 is 2.04 bits per heavy atom. The molecule has 25 heavy (non-hydrogen) atoms. The lowest BCUT2D eigenvalue weighted by molar-refractivity contribution is -0.120. The van der Waals surface area contributed by atoms with E-state index in [2.05, 4.69) is 5.32 Å². The van der Waals surface area contributed by atoms with Crippen molar-refractivity contribution < 1.29 is 13.2 Å². The normalized spacial score (nSPS) is 11.4. The zero-order chi connectivity index (χ0) is 18.1. The van der Waals surface area contributed by atoms with Gasteiger partial charge in [-0.15, -0.1) is 0 Å². The van der Waals surface area contributed by atoms with E-state index >= 15 is 0 Å². The summed E-state index contributed by atoms with van der Waals surface area (Å²) in [6.45, 7) is 0.969. The Bertz CT molecular complexity index is 762. The lowest BCUT2D eigenvalue weighted by Gasteiger charge is -2.20. The second kappa shape index (κ2) is 9.34. The smallest absolute Gasteiger partial charge is 0.224 e. The van der Waals surface area contributed by atoms with E-state index in [4.69, 9.17) is 0 Å². The fourth-order valence-corrected chi connectivity index (χ4v) is 3.35. The summed E-state index contributed by atoms with van der Waals surface area (Å²) in [4.78, 5) is 11.9. The maximum Gasteiger partial charge on any atom is 0.224 e.